The molecule has 0 saturated heterocycles. The number of aryl methyl sites for hydroxylation is 1. The van der Waals surface area contributed by atoms with Gasteiger partial charge in [0.05, 0.1) is 17.4 Å². The van der Waals surface area contributed by atoms with Crippen LogP contribution in [0, 0.1) is 6.92 Å². The Labute approximate surface area is 164 Å². The van der Waals surface area contributed by atoms with E-state index in [2.05, 4.69) is 4.98 Å². The van der Waals surface area contributed by atoms with Crippen molar-refractivity contribution in [2.45, 2.75) is 26.3 Å². The molecule has 0 radical (unpaired) electrons. The molecule has 2 aromatic heterocycles. The Morgan fingerprint density at radius 2 is 1.96 bits per heavy atom. The number of hydrogen-bond acceptors (Lipinski definition) is 6. The monoisotopic (exact) mass is 400 g/mol. The van der Waals surface area contributed by atoms with Crippen molar-refractivity contribution in [1.29, 1.82) is 0 Å². The number of para-hydroxylation sites is 1. The summed E-state index contributed by atoms with van der Waals surface area (Å²) in [6, 6.07) is 7.41. The first-order chi connectivity index (χ1) is 13.3. The van der Waals surface area contributed by atoms with Crippen LogP contribution in [0.25, 0.3) is 10.2 Å². The van der Waals surface area contributed by atoms with Gasteiger partial charge in [-0.3, -0.25) is 19.0 Å². The standard InChI is InChI=1S/C19H20N4O4S/c1-10-15-18(28-16(10)17(21)25)22-14(23(19(15)26)8-7-13(20)24)9-11-5-3-4-6-12(11)27-2/h3-6H,7-9H2,1-2H3,(H2,20,24)(H2,21,25). The number of rotatable bonds is 7. The number of nitrogens with zero attached hydrogens (tertiary/aromatic N) is 2. The molecule has 0 fully saturated rings. The van der Waals surface area contributed by atoms with E-state index in [-0.39, 0.29) is 18.5 Å². The second-order valence-electron chi connectivity index (χ2n) is 6.29. The molecule has 0 atom stereocenters. The van der Waals surface area contributed by atoms with E-state index in [9.17, 15) is 14.4 Å². The number of fused-ring (bicyclic) bond motifs is 1. The highest BCUT2D eigenvalue weighted by Crippen LogP contribution is 2.28. The summed E-state index contributed by atoms with van der Waals surface area (Å²) < 4.78 is 6.81. The predicted octanol–water partition coefficient (Wildman–Crippen LogP) is 1.34. The minimum atomic E-state index is -0.602. The first-order valence-corrected chi connectivity index (χ1v) is 9.38. The van der Waals surface area contributed by atoms with Gasteiger partial charge in [-0.1, -0.05) is 18.2 Å². The third-order valence-corrected chi connectivity index (χ3v) is 5.68. The minimum Gasteiger partial charge on any atom is -0.496 e. The summed E-state index contributed by atoms with van der Waals surface area (Å²) in [5.74, 6) is 0.00368. The summed E-state index contributed by atoms with van der Waals surface area (Å²) in [4.78, 5) is 41.5. The van der Waals surface area contributed by atoms with Gasteiger partial charge in [0.2, 0.25) is 5.91 Å². The molecule has 28 heavy (non-hydrogen) atoms. The summed E-state index contributed by atoms with van der Waals surface area (Å²) in [5.41, 5.74) is 11.7. The smallest absolute Gasteiger partial charge is 0.262 e. The van der Waals surface area contributed by atoms with Crippen LogP contribution in [0.3, 0.4) is 0 Å². The molecule has 8 nitrogen and oxygen atoms in total. The number of nitrogens with two attached hydrogens (primary N) is 2. The van der Waals surface area contributed by atoms with E-state index in [1.54, 1.807) is 14.0 Å². The summed E-state index contributed by atoms with van der Waals surface area (Å²) in [7, 11) is 1.57. The number of thiophene rings is 1. The molecule has 4 N–H and O–H groups in total. The summed E-state index contributed by atoms with van der Waals surface area (Å²) in [6.07, 6.45) is 0.314. The number of hydrogen-bond donors (Lipinski definition) is 2. The molecular weight excluding hydrogens is 380 g/mol. The number of amides is 2. The summed E-state index contributed by atoms with van der Waals surface area (Å²) in [5, 5.41) is 0.340. The highest BCUT2D eigenvalue weighted by Gasteiger charge is 2.21. The molecule has 3 rings (SSSR count). The zero-order valence-electron chi connectivity index (χ0n) is 15.5. The van der Waals surface area contributed by atoms with Crippen molar-refractivity contribution in [2.24, 2.45) is 11.5 Å². The van der Waals surface area contributed by atoms with Gasteiger partial charge in [-0.25, -0.2) is 4.98 Å². The first kappa shape index (κ1) is 19.6. The maximum Gasteiger partial charge on any atom is 0.262 e. The van der Waals surface area contributed by atoms with Crippen LogP contribution >= 0.6 is 11.3 Å². The van der Waals surface area contributed by atoms with Gasteiger partial charge in [-0.05, 0) is 18.6 Å². The van der Waals surface area contributed by atoms with Crippen LogP contribution in [-0.2, 0) is 17.8 Å². The third kappa shape index (κ3) is 3.61. The fourth-order valence-electron chi connectivity index (χ4n) is 3.10. The van der Waals surface area contributed by atoms with Crippen LogP contribution in [0.4, 0.5) is 0 Å². The Hall–Kier alpha value is -3.20. The molecule has 0 aliphatic heterocycles. The first-order valence-electron chi connectivity index (χ1n) is 8.56. The van der Waals surface area contributed by atoms with E-state index in [4.69, 9.17) is 16.2 Å². The van der Waals surface area contributed by atoms with Crippen LogP contribution in [-0.4, -0.2) is 28.5 Å². The Balaban J connectivity index is 2.21. The van der Waals surface area contributed by atoms with E-state index in [1.807, 2.05) is 24.3 Å². The SMILES string of the molecule is COc1ccccc1Cc1nc2sc(C(N)=O)c(C)c2c(=O)n1CCC(N)=O. The van der Waals surface area contributed by atoms with E-state index < -0.39 is 11.8 Å². The molecule has 9 heteroatoms. The Morgan fingerprint density at radius 1 is 1.25 bits per heavy atom. The zero-order chi connectivity index (χ0) is 20.4. The van der Waals surface area contributed by atoms with Crippen LogP contribution in [0.2, 0.25) is 0 Å². The molecule has 0 spiro atoms. The second-order valence-corrected chi connectivity index (χ2v) is 7.29. The largest absolute Gasteiger partial charge is 0.496 e. The van der Waals surface area contributed by atoms with Crippen molar-refractivity contribution in [1.82, 2.24) is 9.55 Å². The fraction of sp³-hybridized carbons (Fsp3) is 0.263. The molecule has 146 valence electrons. The number of benzene rings is 1. The molecule has 0 unspecified atom stereocenters. The van der Waals surface area contributed by atoms with Crippen LogP contribution < -0.4 is 21.8 Å². The molecule has 0 saturated carbocycles. The molecule has 2 amide bonds. The van der Waals surface area contributed by atoms with Gasteiger partial charge in [0.25, 0.3) is 11.5 Å². The highest BCUT2D eigenvalue weighted by molar-refractivity contribution is 7.20. The lowest BCUT2D eigenvalue weighted by Gasteiger charge is -2.13. The van der Waals surface area contributed by atoms with E-state index in [0.29, 0.717) is 38.7 Å². The average molecular weight is 400 g/mol. The molecule has 2 heterocycles. The van der Waals surface area contributed by atoms with E-state index in [0.717, 1.165) is 16.9 Å². The molecular formula is C19H20N4O4S. The van der Waals surface area contributed by atoms with Gasteiger partial charge in [0.1, 0.15) is 16.4 Å². The molecule has 3 aromatic rings. The minimum absolute atomic E-state index is 0.00210. The third-order valence-electron chi connectivity index (χ3n) is 4.48. The van der Waals surface area contributed by atoms with Crippen molar-refractivity contribution >= 4 is 33.4 Å². The van der Waals surface area contributed by atoms with Crippen molar-refractivity contribution in [2.75, 3.05) is 7.11 Å². The quantitative estimate of drug-likeness (QED) is 0.618. The normalized spacial score (nSPS) is 10.9. The lowest BCUT2D eigenvalue weighted by atomic mass is 10.1. The maximum atomic E-state index is 13.2. The van der Waals surface area contributed by atoms with Crippen molar-refractivity contribution in [3.63, 3.8) is 0 Å². The molecule has 0 bridgehead atoms. The maximum absolute atomic E-state index is 13.2. The number of carbonyl (C=O) groups is 2. The van der Waals surface area contributed by atoms with Gasteiger partial charge in [-0.15, -0.1) is 11.3 Å². The van der Waals surface area contributed by atoms with Gasteiger partial charge in [0.15, 0.2) is 0 Å². The van der Waals surface area contributed by atoms with Crippen molar-refractivity contribution in [3.05, 3.63) is 56.4 Å². The van der Waals surface area contributed by atoms with E-state index >= 15 is 0 Å². The average Bonchev–Trinajstić information content (AvgIpc) is 2.98. The second kappa shape index (κ2) is 7.81. The van der Waals surface area contributed by atoms with Crippen LogP contribution in [0.15, 0.2) is 29.1 Å². The predicted molar refractivity (Wildman–Crippen MR) is 107 cm³/mol. The molecule has 0 aliphatic carbocycles. The van der Waals surface area contributed by atoms with Crippen LogP contribution in [0.1, 0.15) is 33.0 Å². The van der Waals surface area contributed by atoms with Gasteiger partial charge < -0.3 is 16.2 Å². The topological polar surface area (TPSA) is 130 Å². The van der Waals surface area contributed by atoms with Crippen LogP contribution in [0.5, 0.6) is 5.75 Å². The van der Waals surface area contributed by atoms with E-state index in [1.165, 1.54) is 4.57 Å². The summed E-state index contributed by atoms with van der Waals surface area (Å²) in [6.45, 7) is 1.77. The Morgan fingerprint density at radius 3 is 2.61 bits per heavy atom. The summed E-state index contributed by atoms with van der Waals surface area (Å²) >= 11 is 1.09. The number of methoxy groups -OCH3 is 1. The number of ether oxygens (including phenoxy) is 1. The lowest BCUT2D eigenvalue weighted by molar-refractivity contribution is -0.118. The zero-order valence-corrected chi connectivity index (χ0v) is 16.3. The molecule has 0 aliphatic rings. The van der Waals surface area contributed by atoms with Crippen molar-refractivity contribution < 1.29 is 14.3 Å². The Bertz CT molecular complexity index is 1130. The van der Waals surface area contributed by atoms with Crippen molar-refractivity contribution in [3.8, 4) is 5.75 Å². The lowest BCUT2D eigenvalue weighted by Crippen LogP contribution is -2.28. The van der Waals surface area contributed by atoms with Gasteiger partial charge in [0, 0.05) is 24.9 Å². The van der Waals surface area contributed by atoms with Gasteiger partial charge >= 0.3 is 0 Å². The number of aromatic nitrogens is 2. The molecule has 1 aromatic carbocycles. The number of primary amides is 2. The highest BCUT2D eigenvalue weighted by atomic mass is 32.1. The Kier molecular flexibility index (Phi) is 5.46. The number of carbonyl (C=O) groups excluding carboxylic acids is 2. The fourth-order valence-corrected chi connectivity index (χ4v) is 4.14. The van der Waals surface area contributed by atoms with Gasteiger partial charge in [-0.2, -0.15) is 0 Å².